The van der Waals surface area contributed by atoms with Gasteiger partial charge in [-0.05, 0) is 47.4 Å². The number of furan rings is 1. The maximum Gasteiger partial charge on any atom is 0.169 e. The third-order valence-corrected chi connectivity index (χ3v) is 2.68. The summed E-state index contributed by atoms with van der Waals surface area (Å²) >= 11 is 3.27. The van der Waals surface area contributed by atoms with Crippen LogP contribution in [0.2, 0.25) is 0 Å². The van der Waals surface area contributed by atoms with Gasteiger partial charge in [0, 0.05) is 13.7 Å². The van der Waals surface area contributed by atoms with E-state index in [0.717, 1.165) is 43.0 Å². The lowest BCUT2D eigenvalue weighted by molar-refractivity contribution is 0.0688. The zero-order valence-electron chi connectivity index (χ0n) is 10.2. The van der Waals surface area contributed by atoms with Crippen molar-refractivity contribution in [2.45, 2.75) is 19.4 Å². The number of hydrogen-bond acceptors (Lipinski definition) is 4. The van der Waals surface area contributed by atoms with Crippen LogP contribution in [0.15, 0.2) is 21.2 Å². The molecule has 1 aromatic heterocycles. The molecule has 0 aliphatic carbocycles. The summed E-state index contributed by atoms with van der Waals surface area (Å²) in [7, 11) is 1.68. The normalized spacial score (nSPS) is 10.9. The molecule has 1 aromatic rings. The summed E-state index contributed by atoms with van der Waals surface area (Å²) in [5.74, 6) is 0.952. The second-order valence-electron chi connectivity index (χ2n) is 3.69. The van der Waals surface area contributed by atoms with E-state index in [-0.39, 0.29) is 0 Å². The molecule has 98 valence electrons. The summed E-state index contributed by atoms with van der Waals surface area (Å²) in [4.78, 5) is 0. The number of halogens is 1. The molecule has 0 aromatic carbocycles. The van der Waals surface area contributed by atoms with Crippen LogP contribution in [0.5, 0.6) is 0 Å². The molecule has 1 heterocycles. The van der Waals surface area contributed by atoms with Crippen molar-refractivity contribution in [1.29, 1.82) is 0 Å². The van der Waals surface area contributed by atoms with Crippen molar-refractivity contribution in [3.8, 4) is 0 Å². The van der Waals surface area contributed by atoms with Gasteiger partial charge in [0.05, 0.1) is 19.8 Å². The Balaban J connectivity index is 1.84. The van der Waals surface area contributed by atoms with Crippen LogP contribution in [0.25, 0.3) is 0 Å². The highest BCUT2D eigenvalue weighted by Gasteiger charge is 1.98. The zero-order valence-corrected chi connectivity index (χ0v) is 11.8. The van der Waals surface area contributed by atoms with E-state index < -0.39 is 0 Å². The Morgan fingerprint density at radius 2 is 2.12 bits per heavy atom. The van der Waals surface area contributed by atoms with Gasteiger partial charge in [-0.2, -0.15) is 0 Å². The number of rotatable bonds is 10. The van der Waals surface area contributed by atoms with E-state index in [0.29, 0.717) is 13.2 Å². The topological polar surface area (TPSA) is 43.6 Å². The fourth-order valence-electron chi connectivity index (χ4n) is 1.36. The van der Waals surface area contributed by atoms with Gasteiger partial charge in [0.2, 0.25) is 0 Å². The lowest BCUT2D eigenvalue weighted by Gasteiger charge is -2.04. The Kier molecular flexibility index (Phi) is 8.34. The molecule has 1 rings (SSSR count). The number of methoxy groups -OCH3 is 1. The van der Waals surface area contributed by atoms with Crippen LogP contribution in [-0.2, 0) is 16.0 Å². The highest BCUT2D eigenvalue weighted by atomic mass is 79.9. The minimum Gasteiger partial charge on any atom is -0.453 e. The molecule has 0 unspecified atom stereocenters. The largest absolute Gasteiger partial charge is 0.453 e. The second-order valence-corrected chi connectivity index (χ2v) is 4.48. The van der Waals surface area contributed by atoms with Gasteiger partial charge in [0.15, 0.2) is 4.67 Å². The van der Waals surface area contributed by atoms with Crippen molar-refractivity contribution >= 4 is 15.9 Å². The van der Waals surface area contributed by atoms with Gasteiger partial charge in [-0.15, -0.1) is 0 Å². The van der Waals surface area contributed by atoms with Gasteiger partial charge < -0.3 is 19.2 Å². The van der Waals surface area contributed by atoms with E-state index in [9.17, 15) is 0 Å². The summed E-state index contributed by atoms with van der Waals surface area (Å²) in [5.41, 5.74) is 0. The Hall–Kier alpha value is -0.360. The molecule has 4 nitrogen and oxygen atoms in total. The number of nitrogens with one attached hydrogen (secondary N) is 1. The van der Waals surface area contributed by atoms with Crippen molar-refractivity contribution in [1.82, 2.24) is 5.32 Å². The zero-order chi connectivity index (χ0) is 12.3. The van der Waals surface area contributed by atoms with Crippen LogP contribution in [0, 0.1) is 0 Å². The predicted molar refractivity (Wildman–Crippen MR) is 70.0 cm³/mol. The van der Waals surface area contributed by atoms with Gasteiger partial charge in [-0.1, -0.05) is 0 Å². The first-order valence-electron chi connectivity index (χ1n) is 5.84. The van der Waals surface area contributed by atoms with Crippen LogP contribution >= 0.6 is 15.9 Å². The van der Waals surface area contributed by atoms with Crippen molar-refractivity contribution in [3.63, 3.8) is 0 Å². The number of unbranched alkanes of at least 4 members (excludes halogenated alkanes) is 1. The average Bonchev–Trinajstić information content (AvgIpc) is 2.73. The smallest absolute Gasteiger partial charge is 0.169 e. The molecule has 0 amide bonds. The van der Waals surface area contributed by atoms with Crippen LogP contribution < -0.4 is 5.32 Å². The Labute approximate surface area is 111 Å². The molecule has 0 bridgehead atoms. The second kappa shape index (κ2) is 9.65. The first-order valence-corrected chi connectivity index (χ1v) is 6.64. The third kappa shape index (κ3) is 7.54. The summed E-state index contributed by atoms with van der Waals surface area (Å²) < 4.78 is 16.4. The Morgan fingerprint density at radius 3 is 2.82 bits per heavy atom. The summed E-state index contributed by atoms with van der Waals surface area (Å²) in [6, 6.07) is 3.87. The van der Waals surface area contributed by atoms with E-state index in [4.69, 9.17) is 13.9 Å². The monoisotopic (exact) mass is 305 g/mol. The van der Waals surface area contributed by atoms with Gasteiger partial charge in [-0.25, -0.2) is 0 Å². The molecule has 17 heavy (non-hydrogen) atoms. The van der Waals surface area contributed by atoms with Crippen molar-refractivity contribution in [2.24, 2.45) is 0 Å². The highest BCUT2D eigenvalue weighted by Crippen LogP contribution is 2.13. The van der Waals surface area contributed by atoms with Crippen LogP contribution in [0.1, 0.15) is 18.6 Å². The Morgan fingerprint density at radius 1 is 1.24 bits per heavy atom. The molecule has 0 fully saturated rings. The average molecular weight is 306 g/mol. The molecule has 0 spiro atoms. The molecule has 0 atom stereocenters. The molecular weight excluding hydrogens is 286 g/mol. The van der Waals surface area contributed by atoms with Gasteiger partial charge in [-0.3, -0.25) is 0 Å². The fourth-order valence-corrected chi connectivity index (χ4v) is 1.70. The predicted octanol–water partition coefficient (Wildman–Crippen LogP) is 2.57. The minimum absolute atomic E-state index is 0.672. The first kappa shape index (κ1) is 14.7. The van der Waals surface area contributed by atoms with Crippen molar-refractivity contribution in [2.75, 3.05) is 33.5 Å². The maximum absolute atomic E-state index is 5.37. The summed E-state index contributed by atoms with van der Waals surface area (Å²) in [6.45, 7) is 3.91. The van der Waals surface area contributed by atoms with E-state index in [1.54, 1.807) is 7.11 Å². The van der Waals surface area contributed by atoms with E-state index in [1.807, 2.05) is 12.1 Å². The highest BCUT2D eigenvalue weighted by molar-refractivity contribution is 9.10. The summed E-state index contributed by atoms with van der Waals surface area (Å²) in [5, 5.41) is 3.32. The molecule has 5 heteroatoms. The number of ether oxygens (including phenoxy) is 2. The molecule has 0 saturated carbocycles. The van der Waals surface area contributed by atoms with E-state index in [2.05, 4.69) is 21.2 Å². The van der Waals surface area contributed by atoms with Gasteiger partial charge in [0.1, 0.15) is 5.76 Å². The lowest BCUT2D eigenvalue weighted by Crippen LogP contribution is -2.15. The Bertz CT molecular complexity index is 291. The lowest BCUT2D eigenvalue weighted by atomic mass is 10.3. The van der Waals surface area contributed by atoms with Crippen LogP contribution in [0.4, 0.5) is 0 Å². The maximum atomic E-state index is 5.37. The van der Waals surface area contributed by atoms with Gasteiger partial charge >= 0.3 is 0 Å². The molecule has 0 aliphatic rings. The molecule has 0 saturated heterocycles. The molecule has 0 aliphatic heterocycles. The first-order chi connectivity index (χ1) is 8.33. The van der Waals surface area contributed by atoms with Crippen LogP contribution in [-0.4, -0.2) is 33.5 Å². The standard InChI is InChI=1S/C12H20BrNO3/c1-15-8-9-16-7-3-2-6-14-10-11-4-5-12(13)17-11/h4-5,14H,2-3,6-10H2,1H3. The minimum atomic E-state index is 0.672. The fraction of sp³-hybridized carbons (Fsp3) is 0.667. The third-order valence-electron chi connectivity index (χ3n) is 2.25. The van der Waals surface area contributed by atoms with Gasteiger partial charge in [0.25, 0.3) is 0 Å². The quantitative estimate of drug-likeness (QED) is 0.675. The van der Waals surface area contributed by atoms with Crippen LogP contribution in [0.3, 0.4) is 0 Å². The molecule has 1 N–H and O–H groups in total. The van der Waals surface area contributed by atoms with Crippen molar-refractivity contribution < 1.29 is 13.9 Å². The molecule has 0 radical (unpaired) electrons. The van der Waals surface area contributed by atoms with E-state index in [1.165, 1.54) is 0 Å². The SMILES string of the molecule is COCCOCCCCNCc1ccc(Br)o1. The van der Waals surface area contributed by atoms with Crippen molar-refractivity contribution in [3.05, 3.63) is 22.6 Å². The molecular formula is C12H20BrNO3. The summed E-state index contributed by atoms with van der Waals surface area (Å²) in [6.07, 6.45) is 2.17. The van der Waals surface area contributed by atoms with E-state index >= 15 is 0 Å². The number of hydrogen-bond donors (Lipinski definition) is 1.